The molecular weight excluding hydrogens is 997 g/mol. The molecule has 4 aromatic carbocycles. The summed E-state index contributed by atoms with van der Waals surface area (Å²) in [6.07, 6.45) is -2.79. The summed E-state index contributed by atoms with van der Waals surface area (Å²) in [6.45, 7) is 0. The first-order valence-electron chi connectivity index (χ1n) is 25.3. The summed E-state index contributed by atoms with van der Waals surface area (Å²) >= 11 is 0. The van der Waals surface area contributed by atoms with Gasteiger partial charge in [-0.3, -0.25) is 19.6 Å². The summed E-state index contributed by atoms with van der Waals surface area (Å²) in [5, 5.41) is 31.8. The Morgan fingerprint density at radius 2 is 0.934 bits per heavy atom. The van der Waals surface area contributed by atoms with Crippen molar-refractivity contribution in [3.8, 4) is 11.4 Å². The number of aliphatic hydroxyl groups is 2. The van der Waals surface area contributed by atoms with E-state index in [1.807, 2.05) is 24.3 Å². The molecule has 4 aliphatic rings. The number of hydrogen-bond donors (Lipinski definition) is 2. The molecule has 6 atom stereocenters. The van der Waals surface area contributed by atoms with Gasteiger partial charge in [-0.15, -0.1) is 0 Å². The fourth-order valence-corrected chi connectivity index (χ4v) is 12.9. The van der Waals surface area contributed by atoms with E-state index in [-0.39, 0.29) is 47.4 Å². The molecule has 4 aliphatic carbocycles. The maximum atomic E-state index is 14.2. The van der Waals surface area contributed by atoms with Crippen molar-refractivity contribution in [1.29, 1.82) is 0 Å². The van der Waals surface area contributed by atoms with Gasteiger partial charge in [0.25, 0.3) is 0 Å². The maximum Gasteiger partial charge on any atom is 0.417 e. The van der Waals surface area contributed by atoms with Crippen LogP contribution in [0, 0.1) is 23.5 Å². The molecule has 12 rings (SSSR count). The van der Waals surface area contributed by atoms with E-state index in [0.717, 1.165) is 32.9 Å². The molecule has 0 amide bonds. The van der Waals surface area contributed by atoms with Gasteiger partial charge in [-0.2, -0.15) is 36.5 Å². The van der Waals surface area contributed by atoms with Gasteiger partial charge in [-0.05, 0) is 208 Å². The normalized spacial score (nSPS) is 25.4. The van der Waals surface area contributed by atoms with E-state index in [1.165, 1.54) is 36.7 Å². The van der Waals surface area contributed by atoms with Crippen LogP contribution in [0.5, 0.6) is 0 Å². The molecule has 0 saturated heterocycles. The van der Waals surface area contributed by atoms with Gasteiger partial charge >= 0.3 is 12.4 Å². The minimum absolute atomic E-state index is 0.145. The summed E-state index contributed by atoms with van der Waals surface area (Å²) in [5.74, 6) is -2.81. The topological polar surface area (TPSA) is 136 Å². The van der Waals surface area contributed by atoms with Gasteiger partial charge in [-0.25, -0.2) is 18.1 Å². The monoisotopic (exact) mass is 1050 g/mol. The van der Waals surface area contributed by atoms with Crippen LogP contribution in [0.1, 0.15) is 107 Å². The van der Waals surface area contributed by atoms with Crippen LogP contribution >= 0.6 is 0 Å². The predicted octanol–water partition coefficient (Wildman–Crippen LogP) is 12.2. The smallest absolute Gasteiger partial charge is 0.380 e. The Morgan fingerprint density at radius 3 is 1.29 bits per heavy atom. The third kappa shape index (κ3) is 8.47. The highest BCUT2D eigenvalue weighted by Gasteiger charge is 2.65. The van der Waals surface area contributed by atoms with Crippen LogP contribution in [0.3, 0.4) is 0 Å². The zero-order chi connectivity index (χ0) is 53.4. The minimum atomic E-state index is -4.79. The number of fused-ring (bicyclic) bond motifs is 8. The molecule has 8 aromatic rings. The lowest BCUT2D eigenvalue weighted by Gasteiger charge is -2.49. The number of nitrogens with zero attached hydrogens (tertiary/aromatic N) is 6. The number of pyridine rings is 2. The molecule has 0 bridgehead atoms. The van der Waals surface area contributed by atoms with Crippen LogP contribution in [-0.2, 0) is 23.7 Å². The fourth-order valence-electron chi connectivity index (χ4n) is 12.9. The van der Waals surface area contributed by atoms with Crippen LogP contribution in [-0.4, -0.2) is 74.9 Å². The number of Topliss-reactive ketones (excluding diaryl/α,β-unsaturated/α-hetero) is 2. The number of benzene rings is 4. The van der Waals surface area contributed by atoms with E-state index in [4.69, 9.17) is 0 Å². The molecule has 76 heavy (non-hydrogen) atoms. The van der Waals surface area contributed by atoms with E-state index in [2.05, 4.69) is 20.2 Å². The molecule has 10 nitrogen and oxygen atoms in total. The second kappa shape index (κ2) is 18.8. The van der Waals surface area contributed by atoms with Gasteiger partial charge in [0, 0.05) is 23.2 Å². The van der Waals surface area contributed by atoms with Crippen LogP contribution in [0.25, 0.3) is 33.2 Å². The second-order valence-electron chi connectivity index (χ2n) is 20.9. The Balaban J connectivity index is 0.000000162. The number of carbonyl (C=O) groups is 2. The molecule has 0 aliphatic heterocycles. The van der Waals surface area contributed by atoms with E-state index in [1.54, 1.807) is 82.4 Å². The van der Waals surface area contributed by atoms with Crippen LogP contribution in [0.4, 0.5) is 35.1 Å². The zero-order valence-corrected chi connectivity index (χ0v) is 40.8. The van der Waals surface area contributed by atoms with Crippen molar-refractivity contribution >= 4 is 33.4 Å². The first-order valence-corrected chi connectivity index (χ1v) is 25.3. The average Bonchev–Trinajstić information content (AvgIpc) is 4.00. The Morgan fingerprint density at radius 1 is 0.539 bits per heavy atom. The fraction of sp³-hybridized carbons (Fsp3) is 0.345. The second-order valence-corrected chi connectivity index (χ2v) is 20.9. The number of aromatic nitrogens is 6. The molecule has 0 radical (unpaired) electrons. The van der Waals surface area contributed by atoms with Gasteiger partial charge in [0.15, 0.2) is 22.8 Å². The van der Waals surface area contributed by atoms with Crippen molar-refractivity contribution in [3.05, 3.63) is 179 Å². The van der Waals surface area contributed by atoms with Gasteiger partial charge in [0.05, 0.1) is 45.6 Å². The summed E-state index contributed by atoms with van der Waals surface area (Å²) < 4.78 is 114. The van der Waals surface area contributed by atoms with Crippen molar-refractivity contribution in [1.82, 2.24) is 29.5 Å². The van der Waals surface area contributed by atoms with E-state index in [9.17, 15) is 54.9 Å². The number of rotatable bonds is 6. The van der Waals surface area contributed by atoms with Crippen molar-refractivity contribution in [2.75, 3.05) is 0 Å². The maximum absolute atomic E-state index is 14.2. The van der Waals surface area contributed by atoms with Gasteiger partial charge < -0.3 is 10.2 Å². The molecule has 18 heteroatoms. The number of carbonyl (C=O) groups excluding carboxylic acids is 2. The average molecular weight is 1050 g/mol. The standard InChI is InChI=1S/2C29H25F4N3O2/c2*30-21-7-9-22(10-8-21)36-25-15-18-4-3-5-20-16-27(38,29(31,32)33)11-12-28(20,23(18)14-19(25)17-35-36)26(37)24-6-1-2-13-34-24/h2*1-2,6-10,13-15,17,20,38H,3-5,11-12,16H2/t2*20-,27-,28+/m11/s1. The van der Waals surface area contributed by atoms with Crippen LogP contribution < -0.4 is 0 Å². The highest BCUT2D eigenvalue weighted by molar-refractivity contribution is 6.05. The van der Waals surface area contributed by atoms with Gasteiger partial charge in [0.1, 0.15) is 23.0 Å². The lowest BCUT2D eigenvalue weighted by atomic mass is 9.55. The van der Waals surface area contributed by atoms with Crippen molar-refractivity contribution in [2.45, 2.75) is 111 Å². The number of aryl methyl sites for hydroxylation is 2. The summed E-state index contributed by atoms with van der Waals surface area (Å²) in [4.78, 5) is 37.0. The third-order valence-electron chi connectivity index (χ3n) is 16.8. The highest BCUT2D eigenvalue weighted by Crippen LogP contribution is 2.59. The summed E-state index contributed by atoms with van der Waals surface area (Å²) in [5.41, 5.74) is -1.84. The number of halogens is 8. The quantitative estimate of drug-likeness (QED) is 0.124. The SMILES string of the molecule is O=C(c1ccccn1)[C@@]12CC[C@](O)(C(F)(F)F)C[C@H]1CCCc1cc3c(cnn3-c3ccc(F)cc3)cc12.O=C(c1ccccn1)[C@@]12CC[C@](O)(C(F)(F)F)C[C@H]1CCCc1cc3c(cnn3-c3ccc(F)cc3)cc12. The number of alkyl halides is 6. The molecule has 392 valence electrons. The third-order valence-corrected chi connectivity index (χ3v) is 16.8. The zero-order valence-electron chi connectivity index (χ0n) is 40.8. The summed E-state index contributed by atoms with van der Waals surface area (Å²) in [7, 11) is 0. The van der Waals surface area contributed by atoms with Crippen LogP contribution in [0.15, 0.2) is 134 Å². The highest BCUT2D eigenvalue weighted by atomic mass is 19.4. The Hall–Kier alpha value is -7.18. The Bertz CT molecular complexity index is 3260. The minimum Gasteiger partial charge on any atom is -0.380 e. The Labute approximate surface area is 430 Å². The van der Waals surface area contributed by atoms with Crippen LogP contribution in [0.2, 0.25) is 0 Å². The molecule has 2 saturated carbocycles. The first-order chi connectivity index (χ1) is 36.2. The predicted molar refractivity (Wildman–Crippen MR) is 265 cm³/mol. The van der Waals surface area contributed by atoms with Crippen molar-refractivity contribution in [2.24, 2.45) is 11.8 Å². The van der Waals surface area contributed by atoms with Crippen molar-refractivity contribution in [3.63, 3.8) is 0 Å². The molecule has 4 aromatic heterocycles. The molecule has 2 fully saturated rings. The molecule has 4 heterocycles. The molecular formula is C58H50F8N6O4. The van der Waals surface area contributed by atoms with E-state index >= 15 is 0 Å². The summed E-state index contributed by atoms with van der Waals surface area (Å²) in [6, 6.07) is 29.4. The Kier molecular flexibility index (Phi) is 12.6. The number of hydrogen-bond acceptors (Lipinski definition) is 8. The van der Waals surface area contributed by atoms with Gasteiger partial charge in [-0.1, -0.05) is 12.1 Å². The lowest BCUT2D eigenvalue weighted by Crippen LogP contribution is -2.57. The lowest BCUT2D eigenvalue weighted by molar-refractivity contribution is -0.277. The molecule has 0 spiro atoms. The van der Waals surface area contributed by atoms with E-state index < -0.39 is 71.9 Å². The first kappa shape index (κ1) is 51.0. The number of ketones is 2. The van der Waals surface area contributed by atoms with E-state index in [0.29, 0.717) is 61.0 Å². The molecule has 2 N–H and O–H groups in total. The molecule has 0 unspecified atom stereocenters. The van der Waals surface area contributed by atoms with Gasteiger partial charge in [0.2, 0.25) is 0 Å². The van der Waals surface area contributed by atoms with Crippen molar-refractivity contribution < 1.29 is 54.9 Å². The largest absolute Gasteiger partial charge is 0.417 e.